The van der Waals surface area contributed by atoms with Crippen molar-refractivity contribution in [2.45, 2.75) is 71.9 Å². The number of rotatable bonds is 19. The molecule has 1 unspecified atom stereocenters. The van der Waals surface area contributed by atoms with Gasteiger partial charge in [-0.1, -0.05) is 68.4 Å². The minimum atomic E-state index is 0.0395. The van der Waals surface area contributed by atoms with E-state index in [4.69, 9.17) is 14.2 Å². The second kappa shape index (κ2) is 18.2. The van der Waals surface area contributed by atoms with Crippen LogP contribution in [-0.2, 0) is 16.1 Å². The number of amides is 1. The van der Waals surface area contributed by atoms with Crippen molar-refractivity contribution < 1.29 is 28.9 Å². The third-order valence-electron chi connectivity index (χ3n) is 9.13. The zero-order valence-electron chi connectivity index (χ0n) is 29.5. The van der Waals surface area contributed by atoms with E-state index < -0.39 is 0 Å². The summed E-state index contributed by atoms with van der Waals surface area (Å²) in [5.41, 5.74) is 7.42. The van der Waals surface area contributed by atoms with Gasteiger partial charge < -0.3 is 29.0 Å². The van der Waals surface area contributed by atoms with E-state index in [2.05, 4.69) is 50.2 Å². The molecule has 262 valence electrons. The van der Waals surface area contributed by atoms with Crippen molar-refractivity contribution in [1.82, 2.24) is 4.90 Å². The van der Waals surface area contributed by atoms with E-state index in [9.17, 15) is 14.7 Å². The molecule has 7 nitrogen and oxygen atoms in total. The molecule has 5 rings (SSSR count). The quantitative estimate of drug-likeness (QED) is 0.0789. The van der Waals surface area contributed by atoms with Gasteiger partial charge in [0.15, 0.2) is 0 Å². The summed E-state index contributed by atoms with van der Waals surface area (Å²) in [4.78, 5) is 26.3. The summed E-state index contributed by atoms with van der Waals surface area (Å²) in [6.45, 7) is 8.66. The molecule has 4 aromatic carbocycles. The first-order valence-corrected chi connectivity index (χ1v) is 17.8. The number of carbonyl (C=O) groups excluding carboxylic acids is 2. The van der Waals surface area contributed by atoms with Crippen molar-refractivity contribution in [2.75, 3.05) is 26.4 Å². The Kier molecular flexibility index (Phi) is 13.3. The Bertz CT molecular complexity index is 1730. The van der Waals surface area contributed by atoms with E-state index in [1.54, 1.807) is 19.1 Å². The number of phenols is 1. The third-order valence-corrected chi connectivity index (χ3v) is 9.13. The summed E-state index contributed by atoms with van der Waals surface area (Å²) < 4.78 is 17.8. The van der Waals surface area contributed by atoms with Gasteiger partial charge in [0.25, 0.3) is 5.91 Å². The average molecular weight is 676 g/mol. The number of ketones is 1. The van der Waals surface area contributed by atoms with Gasteiger partial charge in [-0.05, 0) is 102 Å². The lowest BCUT2D eigenvalue weighted by Crippen LogP contribution is -2.35. The lowest BCUT2D eigenvalue weighted by atomic mass is 9.88. The number of fused-ring (bicyclic) bond motifs is 1. The molecule has 0 spiro atoms. The van der Waals surface area contributed by atoms with Gasteiger partial charge in [-0.3, -0.25) is 4.79 Å². The Hall–Kier alpha value is -4.88. The van der Waals surface area contributed by atoms with Crippen molar-refractivity contribution in [3.63, 3.8) is 0 Å². The third kappa shape index (κ3) is 9.63. The van der Waals surface area contributed by atoms with Crippen LogP contribution < -0.4 is 9.47 Å². The van der Waals surface area contributed by atoms with Crippen LogP contribution in [0.1, 0.15) is 91.9 Å². The fraction of sp³-hybridized carbons (Fsp3) is 0.349. The highest BCUT2D eigenvalue weighted by atomic mass is 16.5. The van der Waals surface area contributed by atoms with Gasteiger partial charge >= 0.3 is 0 Å². The topological polar surface area (TPSA) is 85.3 Å². The molecule has 1 aliphatic rings. The monoisotopic (exact) mass is 675 g/mol. The Labute approximate surface area is 296 Å². The maximum atomic E-state index is 13.0. The van der Waals surface area contributed by atoms with Gasteiger partial charge in [0.1, 0.15) is 23.0 Å². The fourth-order valence-corrected chi connectivity index (χ4v) is 6.48. The number of allylic oxidation sites excluding steroid dienone is 1. The number of ether oxygens (including phenoxy) is 3. The molecule has 1 N–H and O–H groups in total. The molecule has 0 saturated heterocycles. The number of aromatic hydroxyl groups is 1. The Morgan fingerprint density at radius 1 is 0.780 bits per heavy atom. The van der Waals surface area contributed by atoms with E-state index in [1.807, 2.05) is 53.4 Å². The number of hydrogen-bond donors (Lipinski definition) is 1. The molecule has 7 heteroatoms. The smallest absolute Gasteiger partial charge is 0.254 e. The molecule has 1 amide bonds. The molecule has 4 aromatic rings. The minimum Gasteiger partial charge on any atom is -0.508 e. The van der Waals surface area contributed by atoms with Crippen LogP contribution >= 0.6 is 0 Å². The fourth-order valence-electron chi connectivity index (χ4n) is 6.48. The Morgan fingerprint density at radius 2 is 1.40 bits per heavy atom. The summed E-state index contributed by atoms with van der Waals surface area (Å²) in [5.74, 6) is 2.01. The maximum absolute atomic E-state index is 13.0. The van der Waals surface area contributed by atoms with Gasteiger partial charge in [0, 0.05) is 50.6 Å². The second-order valence-electron chi connectivity index (χ2n) is 12.7. The van der Waals surface area contributed by atoms with Crippen LogP contribution in [0.15, 0.2) is 97.1 Å². The first-order chi connectivity index (χ1) is 24.4. The summed E-state index contributed by atoms with van der Waals surface area (Å²) >= 11 is 0. The Morgan fingerprint density at radius 3 is 2.02 bits per heavy atom. The number of hydrogen-bond acceptors (Lipinski definition) is 6. The maximum Gasteiger partial charge on any atom is 0.254 e. The van der Waals surface area contributed by atoms with Gasteiger partial charge in [0.2, 0.25) is 0 Å². The van der Waals surface area contributed by atoms with Gasteiger partial charge in [-0.25, -0.2) is 0 Å². The first kappa shape index (κ1) is 36.4. The molecular formula is C43H49NO6. The van der Waals surface area contributed by atoms with Crippen molar-refractivity contribution in [3.8, 4) is 17.2 Å². The van der Waals surface area contributed by atoms with Crippen LogP contribution in [0.4, 0.5) is 0 Å². The van der Waals surface area contributed by atoms with Gasteiger partial charge in [-0.2, -0.15) is 0 Å². The normalized spacial score (nSPS) is 13.5. The van der Waals surface area contributed by atoms with E-state index in [-0.39, 0.29) is 23.5 Å². The van der Waals surface area contributed by atoms with Crippen molar-refractivity contribution in [3.05, 3.63) is 125 Å². The minimum absolute atomic E-state index is 0.0395. The number of carbonyl (C=O) groups is 2. The molecular weight excluding hydrogens is 626 g/mol. The summed E-state index contributed by atoms with van der Waals surface area (Å²) in [5, 5.41) is 9.89. The van der Waals surface area contributed by atoms with Crippen LogP contribution in [0.2, 0.25) is 0 Å². The van der Waals surface area contributed by atoms with Crippen LogP contribution in [0.5, 0.6) is 17.2 Å². The van der Waals surface area contributed by atoms with Crippen LogP contribution in [-0.4, -0.2) is 54.2 Å². The average Bonchev–Trinajstić information content (AvgIpc) is 3.46. The molecule has 1 atom stereocenters. The van der Waals surface area contributed by atoms with Gasteiger partial charge in [0.05, 0.1) is 13.2 Å². The molecule has 50 heavy (non-hydrogen) atoms. The number of Topliss-reactive ketones (excluding diaryl/α,β-unsaturated/α-hetero) is 1. The van der Waals surface area contributed by atoms with Crippen molar-refractivity contribution >= 4 is 22.8 Å². The van der Waals surface area contributed by atoms with Crippen LogP contribution in [0, 0.1) is 0 Å². The second-order valence-corrected chi connectivity index (χ2v) is 12.7. The van der Waals surface area contributed by atoms with E-state index in [0.717, 1.165) is 65.0 Å². The predicted octanol–water partition coefficient (Wildman–Crippen LogP) is 9.12. The van der Waals surface area contributed by atoms with E-state index in [0.29, 0.717) is 45.8 Å². The molecule has 0 bridgehead atoms. The molecule has 0 saturated carbocycles. The largest absolute Gasteiger partial charge is 0.508 e. The molecule has 0 aliphatic carbocycles. The summed E-state index contributed by atoms with van der Waals surface area (Å²) in [6, 6.07) is 31.8. The summed E-state index contributed by atoms with van der Waals surface area (Å²) in [7, 11) is 0. The molecule has 0 fully saturated rings. The van der Waals surface area contributed by atoms with Gasteiger partial charge in [-0.15, -0.1) is 0 Å². The highest BCUT2D eigenvalue weighted by Gasteiger charge is 2.32. The van der Waals surface area contributed by atoms with E-state index >= 15 is 0 Å². The van der Waals surface area contributed by atoms with Crippen LogP contribution in [0.25, 0.3) is 11.1 Å². The highest BCUT2D eigenvalue weighted by Crippen LogP contribution is 2.36. The van der Waals surface area contributed by atoms with Crippen molar-refractivity contribution in [1.29, 1.82) is 0 Å². The lowest BCUT2D eigenvalue weighted by molar-refractivity contribution is -0.117. The van der Waals surface area contributed by atoms with Crippen LogP contribution in [0.3, 0.4) is 0 Å². The zero-order chi connectivity index (χ0) is 35.3. The highest BCUT2D eigenvalue weighted by molar-refractivity contribution is 5.99. The number of nitrogens with zero attached hydrogens (tertiary/aromatic N) is 1. The summed E-state index contributed by atoms with van der Waals surface area (Å²) in [6.07, 6.45) is 4.42. The molecule has 1 heterocycles. The molecule has 1 aliphatic heterocycles. The van der Waals surface area contributed by atoms with E-state index in [1.165, 1.54) is 11.1 Å². The number of phenolic OH excluding ortho intramolecular Hbond substituents is 1. The zero-order valence-corrected chi connectivity index (χ0v) is 29.5. The predicted molar refractivity (Wildman–Crippen MR) is 199 cm³/mol. The Balaban J connectivity index is 1.04. The standard InChI is InChI=1S/C43H49NO6/c1-4-36(18-13-31(3)45)44-30-35-29-39(23-24-41(35)43(44)47)50-28-10-26-48-25-9-27-49-38-21-16-34(17-22-38)42(33-14-19-37(46)20-15-33)40(5-2)32-11-7-6-8-12-32/h6-8,11-12,14-17,19-24,29,36,46H,4-5,9-10,13,18,25-28,30H2,1-3H3/b42-40-. The SMILES string of the molecule is CC/C(=C(\c1ccc(O)cc1)c1ccc(OCCCOCCCOc2ccc3c(c2)CN(C(CC)CCC(C)=O)C3=O)cc1)c1ccccc1. The van der Waals surface area contributed by atoms with Crippen molar-refractivity contribution in [2.24, 2.45) is 0 Å². The lowest BCUT2D eigenvalue weighted by Gasteiger charge is -2.26. The first-order valence-electron chi connectivity index (χ1n) is 17.8. The molecule has 0 radical (unpaired) electrons. The molecule has 0 aromatic heterocycles. The number of benzene rings is 4.